The van der Waals surface area contributed by atoms with Crippen molar-refractivity contribution in [2.45, 2.75) is 12.5 Å². The number of hydrogen-bond donors (Lipinski definition) is 1. The largest absolute Gasteiger partial charge is 0.353 e. The molecule has 1 atom stereocenters. The summed E-state index contributed by atoms with van der Waals surface area (Å²) < 4.78 is 22.4. The van der Waals surface area contributed by atoms with E-state index in [1.54, 1.807) is 11.8 Å². The third kappa shape index (κ3) is 3.07. The lowest BCUT2D eigenvalue weighted by Gasteiger charge is -2.03. The normalized spacial score (nSPS) is 19.4. The van der Waals surface area contributed by atoms with Crippen molar-refractivity contribution >= 4 is 37.5 Å². The Hall–Kier alpha value is -1.27. The average molecular weight is 308 g/mol. The topological polar surface area (TPSA) is 62.3 Å². The Morgan fingerprint density at radius 1 is 1.40 bits per heavy atom. The van der Waals surface area contributed by atoms with Crippen molar-refractivity contribution in [3.05, 3.63) is 36.0 Å². The van der Waals surface area contributed by atoms with Gasteiger partial charge in [-0.2, -0.15) is 0 Å². The molecule has 0 saturated carbocycles. The second kappa shape index (κ2) is 5.26. The summed E-state index contributed by atoms with van der Waals surface area (Å²) in [4.78, 5) is 8.00. The van der Waals surface area contributed by atoms with Gasteiger partial charge in [0.2, 0.25) is 0 Å². The van der Waals surface area contributed by atoms with Crippen LogP contribution in [0, 0.1) is 0 Å². The second-order valence-corrected chi connectivity index (χ2v) is 8.36. The summed E-state index contributed by atoms with van der Waals surface area (Å²) in [7, 11) is -2.90. The SMILES string of the molecule is CS(=O)(=O)CC[C@@H]1CSC(c2cc3ccccc3[nH]2)=N1. The molecule has 6 heteroatoms. The van der Waals surface area contributed by atoms with Gasteiger partial charge < -0.3 is 4.98 Å². The number of rotatable bonds is 4. The maximum Gasteiger partial charge on any atom is 0.147 e. The zero-order chi connectivity index (χ0) is 14.2. The van der Waals surface area contributed by atoms with E-state index in [0.717, 1.165) is 22.0 Å². The number of para-hydroxylation sites is 1. The molecule has 0 radical (unpaired) electrons. The molecule has 0 aliphatic carbocycles. The van der Waals surface area contributed by atoms with E-state index in [1.165, 1.54) is 11.6 Å². The van der Waals surface area contributed by atoms with Crippen LogP contribution in [0.1, 0.15) is 12.1 Å². The van der Waals surface area contributed by atoms with Crippen molar-refractivity contribution in [1.29, 1.82) is 0 Å². The Bertz CT molecular complexity index is 729. The van der Waals surface area contributed by atoms with Gasteiger partial charge in [-0.25, -0.2) is 8.42 Å². The Kier molecular flexibility index (Phi) is 3.60. The lowest BCUT2D eigenvalue weighted by atomic mass is 10.2. The first-order valence-electron chi connectivity index (χ1n) is 6.48. The van der Waals surface area contributed by atoms with Crippen LogP contribution in [0.4, 0.5) is 0 Å². The summed E-state index contributed by atoms with van der Waals surface area (Å²) in [5.41, 5.74) is 2.13. The number of benzene rings is 1. The zero-order valence-electron chi connectivity index (χ0n) is 11.2. The summed E-state index contributed by atoms with van der Waals surface area (Å²) in [6.07, 6.45) is 1.88. The van der Waals surface area contributed by atoms with Gasteiger partial charge in [-0.15, -0.1) is 11.8 Å². The predicted molar refractivity (Wildman–Crippen MR) is 85.4 cm³/mol. The number of H-pyrrole nitrogens is 1. The van der Waals surface area contributed by atoms with E-state index in [1.807, 2.05) is 18.2 Å². The van der Waals surface area contributed by atoms with Crippen molar-refractivity contribution in [3.8, 4) is 0 Å². The molecule has 0 saturated heterocycles. The van der Waals surface area contributed by atoms with Crippen molar-refractivity contribution in [1.82, 2.24) is 4.98 Å². The van der Waals surface area contributed by atoms with E-state index >= 15 is 0 Å². The van der Waals surface area contributed by atoms with Crippen LogP contribution >= 0.6 is 11.8 Å². The van der Waals surface area contributed by atoms with Crippen LogP contribution in [-0.2, 0) is 9.84 Å². The molecule has 1 aromatic carbocycles. The molecule has 1 aromatic heterocycles. The molecule has 1 aliphatic rings. The summed E-state index contributed by atoms with van der Waals surface area (Å²) in [6, 6.07) is 10.3. The van der Waals surface area contributed by atoms with Gasteiger partial charge in [0, 0.05) is 22.9 Å². The lowest BCUT2D eigenvalue weighted by molar-refractivity contribution is 0.594. The van der Waals surface area contributed by atoms with Crippen LogP contribution in [0.25, 0.3) is 10.9 Å². The van der Waals surface area contributed by atoms with Gasteiger partial charge in [-0.05, 0) is 18.6 Å². The van der Waals surface area contributed by atoms with E-state index in [-0.39, 0.29) is 11.8 Å². The fourth-order valence-corrected chi connectivity index (χ4v) is 4.03. The molecule has 0 bridgehead atoms. The smallest absolute Gasteiger partial charge is 0.147 e. The maximum absolute atomic E-state index is 11.2. The molecule has 0 amide bonds. The molecule has 1 N–H and O–H groups in total. The van der Waals surface area contributed by atoms with Crippen LogP contribution in [0.2, 0.25) is 0 Å². The van der Waals surface area contributed by atoms with Gasteiger partial charge in [0.05, 0.1) is 17.5 Å². The van der Waals surface area contributed by atoms with Crippen molar-refractivity contribution in [2.75, 3.05) is 17.8 Å². The number of nitrogens with zero attached hydrogens (tertiary/aromatic N) is 1. The minimum Gasteiger partial charge on any atom is -0.353 e. The fourth-order valence-electron chi connectivity index (χ4n) is 2.25. The molecule has 0 unspecified atom stereocenters. The number of nitrogens with one attached hydrogen (secondary N) is 1. The molecule has 106 valence electrons. The molecular weight excluding hydrogens is 292 g/mol. The number of aromatic amines is 1. The summed E-state index contributed by atoms with van der Waals surface area (Å²) >= 11 is 1.69. The number of thioether (sulfide) groups is 1. The third-order valence-electron chi connectivity index (χ3n) is 3.29. The number of hydrogen-bond acceptors (Lipinski definition) is 4. The highest BCUT2D eigenvalue weighted by atomic mass is 32.2. The van der Waals surface area contributed by atoms with Gasteiger partial charge in [0.25, 0.3) is 0 Å². The van der Waals surface area contributed by atoms with E-state index < -0.39 is 9.84 Å². The number of aliphatic imine (C=N–C) groups is 1. The second-order valence-electron chi connectivity index (χ2n) is 5.09. The minimum atomic E-state index is -2.90. The molecule has 1 aliphatic heterocycles. The quantitative estimate of drug-likeness (QED) is 0.944. The van der Waals surface area contributed by atoms with Gasteiger partial charge >= 0.3 is 0 Å². The van der Waals surface area contributed by atoms with Crippen LogP contribution in [0.3, 0.4) is 0 Å². The molecule has 2 aromatic rings. The Labute approximate surface area is 122 Å². The fraction of sp³-hybridized carbons (Fsp3) is 0.357. The van der Waals surface area contributed by atoms with Gasteiger partial charge in [-0.1, -0.05) is 18.2 Å². The zero-order valence-corrected chi connectivity index (χ0v) is 12.8. The highest BCUT2D eigenvalue weighted by molar-refractivity contribution is 8.14. The predicted octanol–water partition coefficient (Wildman–Crippen LogP) is 2.46. The Balaban J connectivity index is 1.77. The monoisotopic (exact) mass is 308 g/mol. The van der Waals surface area contributed by atoms with Crippen molar-refractivity contribution < 1.29 is 8.42 Å². The van der Waals surface area contributed by atoms with Gasteiger partial charge in [0.15, 0.2) is 0 Å². The standard InChI is InChI=1S/C14H16N2O2S2/c1-20(17,18)7-6-11-9-19-14(15-11)13-8-10-4-2-3-5-12(10)16-13/h2-5,8,11,16H,6-7,9H2,1H3/t11-/m1/s1. The number of aromatic nitrogens is 1. The van der Waals surface area contributed by atoms with Crippen LogP contribution in [0.5, 0.6) is 0 Å². The Morgan fingerprint density at radius 2 is 2.20 bits per heavy atom. The molecule has 4 nitrogen and oxygen atoms in total. The first-order chi connectivity index (χ1) is 9.51. The van der Waals surface area contributed by atoms with Crippen LogP contribution in [0.15, 0.2) is 35.3 Å². The highest BCUT2D eigenvalue weighted by Gasteiger charge is 2.21. The summed E-state index contributed by atoms with van der Waals surface area (Å²) in [6.45, 7) is 0. The first kappa shape index (κ1) is 13.7. The van der Waals surface area contributed by atoms with Crippen molar-refractivity contribution in [3.63, 3.8) is 0 Å². The lowest BCUT2D eigenvalue weighted by Crippen LogP contribution is -2.12. The molecular formula is C14H16N2O2S2. The maximum atomic E-state index is 11.2. The third-order valence-corrected chi connectivity index (χ3v) is 5.42. The van der Waals surface area contributed by atoms with E-state index in [0.29, 0.717) is 6.42 Å². The molecule has 3 rings (SSSR count). The van der Waals surface area contributed by atoms with E-state index in [9.17, 15) is 8.42 Å². The molecule has 2 heterocycles. The Morgan fingerprint density at radius 3 is 2.95 bits per heavy atom. The van der Waals surface area contributed by atoms with Crippen LogP contribution < -0.4 is 0 Å². The number of sulfone groups is 1. The minimum absolute atomic E-state index is 0.108. The first-order valence-corrected chi connectivity index (χ1v) is 9.52. The van der Waals surface area contributed by atoms with Gasteiger partial charge in [0.1, 0.15) is 14.9 Å². The van der Waals surface area contributed by atoms with E-state index in [4.69, 9.17) is 0 Å². The number of fused-ring (bicyclic) bond motifs is 1. The highest BCUT2D eigenvalue weighted by Crippen LogP contribution is 2.27. The average Bonchev–Trinajstić information content (AvgIpc) is 3.01. The summed E-state index contributed by atoms with van der Waals surface area (Å²) in [5.74, 6) is 1.07. The van der Waals surface area contributed by atoms with Gasteiger partial charge in [-0.3, -0.25) is 4.99 Å². The molecule has 0 spiro atoms. The molecule has 0 fully saturated rings. The van der Waals surface area contributed by atoms with Crippen LogP contribution in [-0.4, -0.2) is 42.2 Å². The molecule has 20 heavy (non-hydrogen) atoms. The summed E-state index contributed by atoms with van der Waals surface area (Å²) in [5, 5.41) is 2.16. The van der Waals surface area contributed by atoms with E-state index in [2.05, 4.69) is 22.1 Å². The van der Waals surface area contributed by atoms with Crippen molar-refractivity contribution in [2.24, 2.45) is 4.99 Å².